The number of hydrogen-bond acceptors (Lipinski definition) is 3. The number of aliphatic imine (C=N–C) groups is 1. The van der Waals surface area contributed by atoms with Crippen LogP contribution >= 0.6 is 0 Å². The fraction of sp³-hybridized carbons (Fsp3) is 0.348. The van der Waals surface area contributed by atoms with Gasteiger partial charge in [0.05, 0.1) is 12.5 Å². The third-order valence-corrected chi connectivity index (χ3v) is 4.94. The Morgan fingerprint density at radius 1 is 1.11 bits per heavy atom. The van der Waals surface area contributed by atoms with Crippen LogP contribution in [0.2, 0.25) is 0 Å². The number of amides is 2. The van der Waals surface area contributed by atoms with Crippen molar-refractivity contribution < 1.29 is 9.59 Å². The van der Waals surface area contributed by atoms with Crippen LogP contribution in [-0.2, 0) is 16.6 Å². The minimum atomic E-state index is -0.293. The zero-order valence-electron chi connectivity index (χ0n) is 16.9. The second-order valence-electron chi connectivity index (χ2n) is 8.12. The van der Waals surface area contributed by atoms with Gasteiger partial charge in [-0.15, -0.1) is 0 Å². The van der Waals surface area contributed by atoms with Gasteiger partial charge >= 0.3 is 0 Å². The predicted molar refractivity (Wildman–Crippen MR) is 111 cm³/mol. The van der Waals surface area contributed by atoms with E-state index in [9.17, 15) is 9.59 Å². The van der Waals surface area contributed by atoms with Gasteiger partial charge in [-0.25, -0.2) is 4.99 Å². The van der Waals surface area contributed by atoms with E-state index in [4.69, 9.17) is 0 Å². The fourth-order valence-corrected chi connectivity index (χ4v) is 3.13. The normalized spacial score (nSPS) is 16.9. The summed E-state index contributed by atoms with van der Waals surface area (Å²) in [6.07, 6.45) is 1.23. The van der Waals surface area contributed by atoms with E-state index >= 15 is 0 Å². The van der Waals surface area contributed by atoms with Crippen molar-refractivity contribution in [3.05, 3.63) is 70.8 Å². The van der Waals surface area contributed by atoms with Crippen molar-refractivity contribution in [3.8, 4) is 0 Å². The van der Waals surface area contributed by atoms with Gasteiger partial charge in [0.15, 0.2) is 0 Å². The van der Waals surface area contributed by atoms with Gasteiger partial charge < -0.3 is 0 Å². The second kappa shape index (κ2) is 7.97. The highest BCUT2D eigenvalue weighted by Gasteiger charge is 2.24. The Hall–Kier alpha value is -2.95. The maximum Gasteiger partial charge on any atom is 0.257 e. The van der Waals surface area contributed by atoms with Gasteiger partial charge in [-0.2, -0.15) is 0 Å². The van der Waals surface area contributed by atoms with E-state index < -0.39 is 0 Å². The minimum Gasteiger partial charge on any atom is -0.296 e. The van der Waals surface area contributed by atoms with Crippen molar-refractivity contribution >= 4 is 17.8 Å². The molecule has 0 aromatic heterocycles. The summed E-state index contributed by atoms with van der Waals surface area (Å²) in [5, 5.41) is 5.38. The van der Waals surface area contributed by atoms with Gasteiger partial charge in [0.25, 0.3) is 5.91 Å². The number of aryl methyl sites for hydroxylation is 1. The monoisotopic (exact) mass is 377 g/mol. The van der Waals surface area contributed by atoms with E-state index in [1.165, 1.54) is 5.56 Å². The van der Waals surface area contributed by atoms with Crippen LogP contribution in [0, 0.1) is 0 Å². The quantitative estimate of drug-likeness (QED) is 0.852. The highest BCUT2D eigenvalue weighted by Crippen LogP contribution is 2.24. The largest absolute Gasteiger partial charge is 0.296 e. The number of nitrogens with one attached hydrogen (secondary N) is 2. The van der Waals surface area contributed by atoms with Gasteiger partial charge in [0.2, 0.25) is 11.9 Å². The Balaban J connectivity index is 1.75. The number of carbonyl (C=O) groups is 2. The molecule has 1 atom stereocenters. The first-order valence-electron chi connectivity index (χ1n) is 9.64. The molecule has 5 nitrogen and oxygen atoms in total. The standard InChI is InChI=1S/C23H27N3O2/c1-5-15-6-8-16(9-7-15)19-14-20(27)25-22(24-19)26-21(28)17-10-12-18(13-11-17)23(2,3)4/h6-13,19H,5,14H2,1-4H3,(H2,24,25,26,27,28)/t19-/m1/s1. The number of guanidine groups is 1. The third kappa shape index (κ3) is 4.66. The summed E-state index contributed by atoms with van der Waals surface area (Å²) in [7, 11) is 0. The van der Waals surface area contributed by atoms with Crippen molar-refractivity contribution in [1.82, 2.24) is 10.6 Å². The summed E-state index contributed by atoms with van der Waals surface area (Å²) >= 11 is 0. The maximum atomic E-state index is 12.6. The van der Waals surface area contributed by atoms with Gasteiger partial charge in [-0.3, -0.25) is 20.2 Å². The first-order valence-corrected chi connectivity index (χ1v) is 9.64. The van der Waals surface area contributed by atoms with Crippen LogP contribution in [0.3, 0.4) is 0 Å². The first-order chi connectivity index (χ1) is 13.3. The van der Waals surface area contributed by atoms with Gasteiger partial charge in [0, 0.05) is 5.56 Å². The molecule has 2 aromatic carbocycles. The number of nitrogens with zero attached hydrogens (tertiary/aromatic N) is 1. The van der Waals surface area contributed by atoms with Crippen LogP contribution in [0.5, 0.6) is 0 Å². The van der Waals surface area contributed by atoms with E-state index in [-0.39, 0.29) is 35.7 Å². The average Bonchev–Trinajstić information content (AvgIpc) is 2.67. The van der Waals surface area contributed by atoms with E-state index in [1.807, 2.05) is 36.4 Å². The lowest BCUT2D eigenvalue weighted by Crippen LogP contribution is -2.47. The second-order valence-corrected chi connectivity index (χ2v) is 8.12. The Kier molecular flexibility index (Phi) is 5.63. The molecule has 28 heavy (non-hydrogen) atoms. The zero-order chi connectivity index (χ0) is 20.3. The molecule has 5 heteroatoms. The lowest BCUT2D eigenvalue weighted by atomic mass is 9.87. The summed E-state index contributed by atoms with van der Waals surface area (Å²) in [6, 6.07) is 15.3. The summed E-state index contributed by atoms with van der Waals surface area (Å²) in [5.41, 5.74) is 3.91. The molecule has 0 saturated heterocycles. The SMILES string of the molecule is CCc1ccc([C@H]2CC(=O)NC(NC(=O)c3ccc(C(C)(C)C)cc3)=N2)cc1. The van der Waals surface area contributed by atoms with Crippen LogP contribution in [0.4, 0.5) is 0 Å². The van der Waals surface area contributed by atoms with E-state index in [2.05, 4.69) is 43.3 Å². The van der Waals surface area contributed by atoms with Crippen LogP contribution in [0.15, 0.2) is 53.5 Å². The van der Waals surface area contributed by atoms with Gasteiger partial charge in [0.1, 0.15) is 0 Å². The highest BCUT2D eigenvalue weighted by atomic mass is 16.2. The van der Waals surface area contributed by atoms with E-state index in [0.717, 1.165) is 17.5 Å². The molecule has 146 valence electrons. The Bertz CT molecular complexity index is 891. The molecule has 0 unspecified atom stereocenters. The molecule has 2 N–H and O–H groups in total. The third-order valence-electron chi connectivity index (χ3n) is 4.94. The molecule has 0 saturated carbocycles. The van der Waals surface area contributed by atoms with Crippen LogP contribution in [0.1, 0.15) is 67.2 Å². The molecule has 2 aromatic rings. The number of rotatable bonds is 3. The van der Waals surface area contributed by atoms with Gasteiger partial charge in [-0.05, 0) is 40.7 Å². The van der Waals surface area contributed by atoms with Crippen molar-refractivity contribution in [2.75, 3.05) is 0 Å². The minimum absolute atomic E-state index is 0.0248. The molecular weight excluding hydrogens is 350 g/mol. The smallest absolute Gasteiger partial charge is 0.257 e. The lowest BCUT2D eigenvalue weighted by molar-refractivity contribution is -0.120. The predicted octanol–water partition coefficient (Wildman–Crippen LogP) is 3.89. The Labute approximate surface area is 166 Å². The molecule has 0 spiro atoms. The van der Waals surface area contributed by atoms with Gasteiger partial charge in [-0.1, -0.05) is 64.1 Å². The molecule has 1 aliphatic rings. The Morgan fingerprint density at radius 2 is 1.75 bits per heavy atom. The molecule has 0 bridgehead atoms. The molecule has 2 amide bonds. The summed E-state index contributed by atoms with van der Waals surface area (Å²) in [4.78, 5) is 29.2. The topological polar surface area (TPSA) is 70.6 Å². The number of benzene rings is 2. The Morgan fingerprint density at radius 3 is 2.32 bits per heavy atom. The average molecular weight is 377 g/mol. The fourth-order valence-electron chi connectivity index (χ4n) is 3.13. The van der Waals surface area contributed by atoms with Crippen LogP contribution in [0.25, 0.3) is 0 Å². The molecule has 1 heterocycles. The van der Waals surface area contributed by atoms with Crippen molar-refractivity contribution in [3.63, 3.8) is 0 Å². The lowest BCUT2D eigenvalue weighted by Gasteiger charge is -2.22. The van der Waals surface area contributed by atoms with Crippen molar-refractivity contribution in [2.45, 2.75) is 52.0 Å². The molecule has 0 radical (unpaired) electrons. The van der Waals surface area contributed by atoms with E-state index in [1.54, 1.807) is 12.1 Å². The summed E-state index contributed by atoms with van der Waals surface area (Å²) < 4.78 is 0. The summed E-state index contributed by atoms with van der Waals surface area (Å²) in [6.45, 7) is 8.48. The molecule has 3 rings (SSSR count). The van der Waals surface area contributed by atoms with E-state index in [0.29, 0.717) is 5.56 Å². The first kappa shape index (κ1) is 19.8. The maximum absolute atomic E-state index is 12.6. The summed E-state index contributed by atoms with van der Waals surface area (Å²) in [5.74, 6) is -0.245. The molecule has 0 aliphatic carbocycles. The molecule has 0 fully saturated rings. The van der Waals surface area contributed by atoms with Crippen LogP contribution in [-0.4, -0.2) is 17.8 Å². The highest BCUT2D eigenvalue weighted by molar-refractivity contribution is 6.10. The van der Waals surface area contributed by atoms with Crippen molar-refractivity contribution in [1.29, 1.82) is 0 Å². The number of carbonyl (C=O) groups excluding carboxylic acids is 2. The van der Waals surface area contributed by atoms with Crippen LogP contribution < -0.4 is 10.6 Å². The van der Waals surface area contributed by atoms with Crippen molar-refractivity contribution in [2.24, 2.45) is 4.99 Å². The molecular formula is C23H27N3O2. The zero-order valence-corrected chi connectivity index (χ0v) is 16.9. The molecule has 1 aliphatic heterocycles. The number of hydrogen-bond donors (Lipinski definition) is 2.